The molecule has 80 valence electrons. The van der Waals surface area contributed by atoms with E-state index in [1.165, 1.54) is 0 Å². The fourth-order valence-corrected chi connectivity index (χ4v) is 2.02. The van der Waals surface area contributed by atoms with Crippen LogP contribution >= 0.6 is 10.7 Å². The van der Waals surface area contributed by atoms with E-state index < -0.39 is 19.7 Å². The highest BCUT2D eigenvalue weighted by molar-refractivity contribution is 8.13. The monoisotopic (exact) mass is 246 g/mol. The molecule has 0 aliphatic carbocycles. The van der Waals surface area contributed by atoms with Crippen molar-refractivity contribution in [2.45, 2.75) is 11.4 Å². The highest BCUT2D eigenvalue weighted by atomic mass is 35.7. The minimum atomic E-state index is -4.06. The summed E-state index contributed by atoms with van der Waals surface area (Å²) in [6.07, 6.45) is 0. The molecular formula is C8H7ClN2O3S. The maximum atomic E-state index is 11.0. The summed E-state index contributed by atoms with van der Waals surface area (Å²) >= 11 is 0. The largest absolute Gasteiger partial charge is 0.507 e. The van der Waals surface area contributed by atoms with Gasteiger partial charge >= 0.3 is 0 Å². The molecule has 0 saturated carbocycles. The number of hydrogen-bond donors (Lipinski definition) is 2. The van der Waals surface area contributed by atoms with E-state index in [0.29, 0.717) is 5.56 Å². The zero-order chi connectivity index (χ0) is 11.6. The molecule has 0 spiro atoms. The van der Waals surface area contributed by atoms with Crippen LogP contribution in [0.5, 0.6) is 5.75 Å². The van der Waals surface area contributed by atoms with Crippen molar-refractivity contribution >= 4 is 19.7 Å². The first kappa shape index (κ1) is 11.8. The van der Waals surface area contributed by atoms with Crippen LogP contribution in [0.1, 0.15) is 11.1 Å². The number of aromatic hydroxyl groups is 1. The van der Waals surface area contributed by atoms with Crippen LogP contribution < -0.4 is 5.73 Å². The Kier molecular flexibility index (Phi) is 3.19. The van der Waals surface area contributed by atoms with E-state index in [-0.39, 0.29) is 12.1 Å². The lowest BCUT2D eigenvalue weighted by molar-refractivity contribution is 0.458. The first-order valence-corrected chi connectivity index (χ1v) is 6.11. The molecule has 0 atom stereocenters. The Labute approximate surface area is 91.1 Å². The van der Waals surface area contributed by atoms with Crippen molar-refractivity contribution < 1.29 is 13.5 Å². The smallest absolute Gasteiger partial charge is 0.265 e. The summed E-state index contributed by atoms with van der Waals surface area (Å²) < 4.78 is 22.0. The molecule has 1 aromatic carbocycles. The molecule has 0 aliphatic rings. The fourth-order valence-electron chi connectivity index (χ4n) is 1.08. The minimum absolute atomic E-state index is 0.0269. The molecule has 1 rings (SSSR count). The van der Waals surface area contributed by atoms with Gasteiger partial charge in [-0.25, -0.2) is 8.42 Å². The van der Waals surface area contributed by atoms with Gasteiger partial charge in [0.15, 0.2) is 0 Å². The van der Waals surface area contributed by atoms with E-state index in [2.05, 4.69) is 0 Å². The van der Waals surface area contributed by atoms with Crippen LogP contribution in [0.3, 0.4) is 0 Å². The number of nitriles is 1. The topological polar surface area (TPSA) is 104 Å². The molecule has 0 aromatic heterocycles. The molecule has 0 bridgehead atoms. The predicted octanol–water partition coefficient (Wildman–Crippen LogP) is 0.650. The van der Waals surface area contributed by atoms with Crippen molar-refractivity contribution in [3.63, 3.8) is 0 Å². The number of nitrogens with zero attached hydrogens (tertiary/aromatic N) is 1. The van der Waals surface area contributed by atoms with Gasteiger partial charge in [0.05, 0.1) is 11.6 Å². The van der Waals surface area contributed by atoms with Gasteiger partial charge in [0.2, 0.25) is 0 Å². The van der Waals surface area contributed by atoms with E-state index in [4.69, 9.17) is 21.7 Å². The highest BCUT2D eigenvalue weighted by Crippen LogP contribution is 2.28. The van der Waals surface area contributed by atoms with Gasteiger partial charge in [-0.15, -0.1) is 0 Å². The summed E-state index contributed by atoms with van der Waals surface area (Å²) in [5, 5.41) is 18.1. The third-order valence-electron chi connectivity index (χ3n) is 1.79. The predicted molar refractivity (Wildman–Crippen MR) is 53.8 cm³/mol. The quantitative estimate of drug-likeness (QED) is 0.746. The second-order valence-electron chi connectivity index (χ2n) is 2.73. The third kappa shape index (κ3) is 2.39. The Bertz CT molecular complexity index is 534. The van der Waals surface area contributed by atoms with Gasteiger partial charge in [-0.2, -0.15) is 5.26 Å². The van der Waals surface area contributed by atoms with Gasteiger partial charge in [-0.3, -0.25) is 0 Å². The third-order valence-corrected chi connectivity index (χ3v) is 3.14. The average Bonchev–Trinajstić information content (AvgIpc) is 2.15. The van der Waals surface area contributed by atoms with Crippen molar-refractivity contribution in [3.05, 3.63) is 23.3 Å². The van der Waals surface area contributed by atoms with Crippen molar-refractivity contribution in [2.24, 2.45) is 5.73 Å². The lowest BCUT2D eigenvalue weighted by atomic mass is 10.1. The first-order valence-electron chi connectivity index (χ1n) is 3.81. The molecule has 0 radical (unpaired) electrons. The average molecular weight is 247 g/mol. The van der Waals surface area contributed by atoms with Crippen LogP contribution in [0.25, 0.3) is 0 Å². The molecule has 5 nitrogen and oxygen atoms in total. The standard InChI is InChI=1S/C8H7ClN2O3S/c9-15(13,14)8-2-6(4-11)5(3-10)1-7(8)12/h1-2,12H,3,10H2. The van der Waals surface area contributed by atoms with Crippen LogP contribution in [0.4, 0.5) is 0 Å². The molecule has 0 unspecified atom stereocenters. The molecule has 0 amide bonds. The summed E-state index contributed by atoms with van der Waals surface area (Å²) in [5.41, 5.74) is 5.75. The highest BCUT2D eigenvalue weighted by Gasteiger charge is 2.18. The maximum Gasteiger partial charge on any atom is 0.265 e. The van der Waals surface area contributed by atoms with E-state index >= 15 is 0 Å². The SMILES string of the molecule is N#Cc1cc(S(=O)(=O)Cl)c(O)cc1CN. The van der Waals surface area contributed by atoms with E-state index in [1.807, 2.05) is 0 Å². The number of hydrogen-bond acceptors (Lipinski definition) is 5. The van der Waals surface area contributed by atoms with Crippen LogP contribution in [-0.2, 0) is 15.6 Å². The number of halogens is 1. The minimum Gasteiger partial charge on any atom is -0.507 e. The molecular weight excluding hydrogens is 240 g/mol. The lowest BCUT2D eigenvalue weighted by Crippen LogP contribution is -2.02. The summed E-state index contributed by atoms with van der Waals surface area (Å²) in [6, 6.07) is 3.89. The van der Waals surface area contributed by atoms with E-state index in [9.17, 15) is 13.5 Å². The Hall–Kier alpha value is -1.29. The zero-order valence-electron chi connectivity index (χ0n) is 7.44. The van der Waals surface area contributed by atoms with Gasteiger partial charge in [-0.05, 0) is 17.7 Å². The second kappa shape index (κ2) is 4.06. The van der Waals surface area contributed by atoms with Crippen molar-refractivity contribution in [1.82, 2.24) is 0 Å². The molecule has 0 heterocycles. The number of nitrogens with two attached hydrogens (primary N) is 1. The normalized spacial score (nSPS) is 11.0. The number of phenolic OH excluding ortho intramolecular Hbond substituents is 1. The van der Waals surface area contributed by atoms with Gasteiger partial charge < -0.3 is 10.8 Å². The molecule has 1 aromatic rings. The Morgan fingerprint density at radius 3 is 2.53 bits per heavy atom. The van der Waals surface area contributed by atoms with Crippen molar-refractivity contribution in [3.8, 4) is 11.8 Å². The molecule has 0 fully saturated rings. The molecule has 0 aliphatic heterocycles. The maximum absolute atomic E-state index is 11.0. The Balaban J connectivity index is 3.55. The van der Waals surface area contributed by atoms with Gasteiger partial charge in [0.25, 0.3) is 9.05 Å². The van der Waals surface area contributed by atoms with Crippen LogP contribution in [0, 0.1) is 11.3 Å². The zero-order valence-corrected chi connectivity index (χ0v) is 9.01. The van der Waals surface area contributed by atoms with E-state index in [0.717, 1.165) is 12.1 Å². The Morgan fingerprint density at radius 2 is 2.13 bits per heavy atom. The lowest BCUT2D eigenvalue weighted by Gasteiger charge is -2.05. The van der Waals surface area contributed by atoms with Gasteiger partial charge in [0, 0.05) is 17.2 Å². The van der Waals surface area contributed by atoms with Crippen LogP contribution in [0.2, 0.25) is 0 Å². The number of phenols is 1. The molecule has 15 heavy (non-hydrogen) atoms. The summed E-state index contributed by atoms with van der Waals surface area (Å²) in [4.78, 5) is -0.488. The summed E-state index contributed by atoms with van der Waals surface area (Å²) in [7, 11) is 0.999. The van der Waals surface area contributed by atoms with Crippen LogP contribution in [-0.4, -0.2) is 13.5 Å². The molecule has 0 saturated heterocycles. The summed E-state index contributed by atoms with van der Waals surface area (Å²) in [5.74, 6) is -0.510. The number of benzene rings is 1. The van der Waals surface area contributed by atoms with Gasteiger partial charge in [0.1, 0.15) is 10.6 Å². The van der Waals surface area contributed by atoms with E-state index in [1.54, 1.807) is 6.07 Å². The van der Waals surface area contributed by atoms with Crippen molar-refractivity contribution in [1.29, 1.82) is 5.26 Å². The molecule has 3 N–H and O–H groups in total. The fraction of sp³-hybridized carbons (Fsp3) is 0.125. The van der Waals surface area contributed by atoms with Crippen LogP contribution in [0.15, 0.2) is 17.0 Å². The van der Waals surface area contributed by atoms with Gasteiger partial charge in [-0.1, -0.05) is 0 Å². The Morgan fingerprint density at radius 1 is 1.53 bits per heavy atom. The second-order valence-corrected chi connectivity index (χ2v) is 5.27. The number of rotatable bonds is 2. The first-order chi connectivity index (χ1) is 6.90. The summed E-state index contributed by atoms with van der Waals surface area (Å²) in [6.45, 7) is 0.0269. The van der Waals surface area contributed by atoms with Crippen molar-refractivity contribution in [2.75, 3.05) is 0 Å². The molecule has 7 heteroatoms.